The number of unbranched alkanes of at least 4 members (excludes halogenated alkanes) is 2. The first-order valence-corrected chi connectivity index (χ1v) is 16.4. The summed E-state index contributed by atoms with van der Waals surface area (Å²) in [6, 6.07) is 34.6. The molecule has 6 rings (SSSR count). The highest BCUT2D eigenvalue weighted by molar-refractivity contribution is 5.99. The number of anilines is 1. The fourth-order valence-electron chi connectivity index (χ4n) is 4.78. The van der Waals surface area contributed by atoms with Crippen molar-refractivity contribution in [3.8, 4) is 5.75 Å². The van der Waals surface area contributed by atoms with Crippen LogP contribution in [0.3, 0.4) is 0 Å². The summed E-state index contributed by atoms with van der Waals surface area (Å²) in [5.41, 5.74) is 5.51. The highest BCUT2D eigenvalue weighted by atomic mass is 16.9. The van der Waals surface area contributed by atoms with Crippen molar-refractivity contribution in [2.45, 2.75) is 52.1 Å². The van der Waals surface area contributed by atoms with Crippen LogP contribution in [0.2, 0.25) is 0 Å². The van der Waals surface area contributed by atoms with Crippen LogP contribution in [0.15, 0.2) is 140 Å². The van der Waals surface area contributed by atoms with Crippen molar-refractivity contribution in [2.75, 3.05) is 18.5 Å². The van der Waals surface area contributed by atoms with Crippen LogP contribution in [0, 0.1) is 0 Å². The Hall–Kier alpha value is -5.32. The van der Waals surface area contributed by atoms with Gasteiger partial charge in [0, 0.05) is 29.6 Å². The number of rotatable bonds is 16. The molecule has 1 heterocycles. The molecule has 0 bridgehead atoms. The lowest BCUT2D eigenvalue weighted by Gasteiger charge is -2.05. The number of fused-ring (bicyclic) bond motifs is 1. The molecule has 244 valence electrons. The van der Waals surface area contributed by atoms with E-state index in [0.717, 1.165) is 65.0 Å². The highest BCUT2D eigenvalue weighted by Crippen LogP contribution is 2.36. The van der Waals surface area contributed by atoms with Crippen LogP contribution >= 0.6 is 0 Å². The summed E-state index contributed by atoms with van der Waals surface area (Å²) in [5, 5.41) is 32.0. The zero-order chi connectivity index (χ0) is 33.0. The summed E-state index contributed by atoms with van der Waals surface area (Å²) in [7, 11) is 0. The Morgan fingerprint density at radius 1 is 0.562 bits per heavy atom. The van der Waals surface area contributed by atoms with E-state index in [-0.39, 0.29) is 12.6 Å². The van der Waals surface area contributed by atoms with Gasteiger partial charge in [-0.25, -0.2) is 0 Å². The molecule has 1 fully saturated rings. The summed E-state index contributed by atoms with van der Waals surface area (Å²) < 4.78 is 16.8. The first kappa shape index (κ1) is 32.6. The molecule has 1 saturated heterocycles. The van der Waals surface area contributed by atoms with Gasteiger partial charge in [0.1, 0.15) is 5.75 Å². The Kier molecular flexibility index (Phi) is 11.2. The van der Waals surface area contributed by atoms with Gasteiger partial charge >= 0.3 is 0 Å². The number of hydrogen-bond acceptors (Lipinski definition) is 10. The molecule has 0 spiro atoms. The van der Waals surface area contributed by atoms with E-state index in [9.17, 15) is 0 Å². The average Bonchev–Trinajstić information content (AvgIpc) is 3.88. The van der Waals surface area contributed by atoms with Gasteiger partial charge < -0.3 is 19.5 Å². The van der Waals surface area contributed by atoms with E-state index >= 15 is 0 Å². The second-order valence-electron chi connectivity index (χ2n) is 11.3. The van der Waals surface area contributed by atoms with Crippen molar-refractivity contribution >= 4 is 50.6 Å². The average molecular weight is 642 g/mol. The third-order valence-corrected chi connectivity index (χ3v) is 7.56. The molecule has 1 aliphatic heterocycles. The van der Waals surface area contributed by atoms with Crippen molar-refractivity contribution in [3.05, 3.63) is 109 Å². The van der Waals surface area contributed by atoms with Gasteiger partial charge in [-0.15, -0.1) is 10.2 Å². The molecule has 2 atom stereocenters. The Morgan fingerprint density at radius 2 is 1.06 bits per heavy atom. The quantitative estimate of drug-likeness (QED) is 0.0655. The fourth-order valence-corrected chi connectivity index (χ4v) is 4.78. The van der Waals surface area contributed by atoms with Gasteiger partial charge in [0.25, 0.3) is 6.29 Å². The van der Waals surface area contributed by atoms with Crippen LogP contribution in [0.4, 0.5) is 39.8 Å². The lowest BCUT2D eigenvalue weighted by molar-refractivity contribution is 0.0483. The fraction of sp³-hybridized carbons (Fsp3) is 0.263. The summed E-state index contributed by atoms with van der Waals surface area (Å²) in [6.45, 7) is 5.95. The van der Waals surface area contributed by atoms with Crippen LogP contribution in [0.1, 0.15) is 39.5 Å². The molecule has 1 aliphatic rings. The predicted molar refractivity (Wildman–Crippen MR) is 189 cm³/mol. The number of hydrogen-bond donors (Lipinski definition) is 1. The second-order valence-corrected chi connectivity index (χ2v) is 11.3. The molecule has 2 unspecified atom stereocenters. The number of nitrogens with zero attached hydrogens (tertiary/aromatic N) is 6. The van der Waals surface area contributed by atoms with Crippen LogP contribution in [-0.2, 0) is 9.47 Å². The standard InChI is InChI=1S/C38H39N7O3/c1-3-5-25-39-27-11-13-28(14-12-27)40-41-29-15-17-30(18-16-29)42-44-35-23-24-36(34-10-8-7-9-33(34)35)45-43-31-19-21-32(22-20-31)47-38-37(48-38)46-26-6-4-2/h7-24,37-39H,3-6,25-26H2,1-2H3/b41-40?,44-42-,45-43+. The zero-order valence-electron chi connectivity index (χ0n) is 27.2. The van der Waals surface area contributed by atoms with Gasteiger partial charge in [-0.3, -0.25) is 0 Å². The van der Waals surface area contributed by atoms with E-state index in [4.69, 9.17) is 14.2 Å². The van der Waals surface area contributed by atoms with Gasteiger partial charge in [0.2, 0.25) is 6.29 Å². The van der Waals surface area contributed by atoms with E-state index in [1.165, 1.54) is 6.42 Å². The van der Waals surface area contributed by atoms with E-state index < -0.39 is 0 Å². The van der Waals surface area contributed by atoms with Gasteiger partial charge in [0.15, 0.2) is 0 Å². The second kappa shape index (κ2) is 16.5. The Bertz CT molecular complexity index is 1860. The van der Waals surface area contributed by atoms with E-state index in [2.05, 4.69) is 49.8 Å². The first-order chi connectivity index (χ1) is 23.7. The third kappa shape index (κ3) is 9.15. The normalized spacial score (nSPS) is 16.0. The summed E-state index contributed by atoms with van der Waals surface area (Å²) in [6.07, 6.45) is 3.75. The van der Waals surface area contributed by atoms with E-state index in [1.54, 1.807) is 0 Å². The molecule has 5 aromatic rings. The number of epoxide rings is 1. The third-order valence-electron chi connectivity index (χ3n) is 7.56. The van der Waals surface area contributed by atoms with Gasteiger partial charge in [0.05, 0.1) is 34.1 Å². The Balaban J connectivity index is 1.06. The molecular weight excluding hydrogens is 602 g/mol. The first-order valence-electron chi connectivity index (χ1n) is 16.4. The van der Waals surface area contributed by atoms with Crippen molar-refractivity contribution in [1.82, 2.24) is 0 Å². The van der Waals surface area contributed by atoms with Crippen molar-refractivity contribution < 1.29 is 14.2 Å². The molecule has 5 aromatic carbocycles. The maximum Gasteiger partial charge on any atom is 0.254 e. The molecule has 0 amide bonds. The minimum Gasteiger partial charge on any atom is -0.459 e. The van der Waals surface area contributed by atoms with Gasteiger partial charge in [-0.2, -0.15) is 20.5 Å². The lowest BCUT2D eigenvalue weighted by Crippen LogP contribution is -2.07. The Morgan fingerprint density at radius 3 is 1.60 bits per heavy atom. The number of azo groups is 3. The van der Waals surface area contributed by atoms with Crippen LogP contribution < -0.4 is 10.1 Å². The van der Waals surface area contributed by atoms with Crippen molar-refractivity contribution in [3.63, 3.8) is 0 Å². The molecular formula is C38H39N7O3. The SMILES string of the molecule is CCCCNc1ccc(N=Nc2ccc(/N=N\c3ccc(/N=N/c4ccc(OC5OC5OCCCC)cc4)c4ccccc34)cc2)cc1. The lowest BCUT2D eigenvalue weighted by atomic mass is 10.1. The largest absolute Gasteiger partial charge is 0.459 e. The number of ether oxygens (including phenoxy) is 3. The number of nitrogens with one attached hydrogen (secondary N) is 1. The molecule has 0 aliphatic carbocycles. The smallest absolute Gasteiger partial charge is 0.254 e. The minimum atomic E-state index is -0.362. The Labute approximate surface area is 280 Å². The highest BCUT2D eigenvalue weighted by Gasteiger charge is 2.42. The summed E-state index contributed by atoms with van der Waals surface area (Å²) in [5.74, 6) is 0.691. The van der Waals surface area contributed by atoms with Crippen molar-refractivity contribution in [1.29, 1.82) is 0 Å². The zero-order valence-corrected chi connectivity index (χ0v) is 27.2. The maximum atomic E-state index is 5.81. The maximum absolute atomic E-state index is 5.81. The van der Waals surface area contributed by atoms with E-state index in [1.807, 2.05) is 109 Å². The monoisotopic (exact) mass is 641 g/mol. The molecule has 10 nitrogen and oxygen atoms in total. The van der Waals surface area contributed by atoms with E-state index in [0.29, 0.717) is 23.7 Å². The van der Waals surface area contributed by atoms with Crippen LogP contribution in [-0.4, -0.2) is 25.7 Å². The molecule has 10 heteroatoms. The molecule has 0 radical (unpaired) electrons. The molecule has 0 aromatic heterocycles. The topological polar surface area (TPSA) is 117 Å². The number of benzene rings is 5. The molecule has 0 saturated carbocycles. The van der Waals surface area contributed by atoms with Crippen molar-refractivity contribution in [2.24, 2.45) is 30.7 Å². The molecule has 48 heavy (non-hydrogen) atoms. The minimum absolute atomic E-state index is 0.290. The van der Waals surface area contributed by atoms with Gasteiger partial charge in [-0.1, -0.05) is 51.0 Å². The van der Waals surface area contributed by atoms with Crippen LogP contribution in [0.5, 0.6) is 5.75 Å². The molecule has 1 N–H and O–H groups in total. The van der Waals surface area contributed by atoms with Crippen LogP contribution in [0.25, 0.3) is 10.8 Å². The predicted octanol–water partition coefficient (Wildman–Crippen LogP) is 12.2. The van der Waals surface area contributed by atoms with Gasteiger partial charge in [-0.05, 0) is 97.8 Å². The summed E-state index contributed by atoms with van der Waals surface area (Å²) in [4.78, 5) is 0. The summed E-state index contributed by atoms with van der Waals surface area (Å²) >= 11 is 0.